The zero-order valence-corrected chi connectivity index (χ0v) is 9.97. The Hall–Kier alpha value is -2.29. The molecule has 0 bridgehead atoms. The van der Waals surface area contributed by atoms with Crippen LogP contribution in [0.15, 0.2) is 48.5 Å². The van der Waals surface area contributed by atoms with Gasteiger partial charge in [-0.25, -0.2) is 0 Å². The van der Waals surface area contributed by atoms with Crippen molar-refractivity contribution in [3.63, 3.8) is 0 Å². The molecule has 2 aromatic carbocycles. The number of phenols is 1. The third-order valence-corrected chi connectivity index (χ3v) is 3.45. The van der Waals surface area contributed by atoms with Crippen molar-refractivity contribution in [2.24, 2.45) is 0 Å². The van der Waals surface area contributed by atoms with Gasteiger partial charge in [0.05, 0.1) is 0 Å². The van der Waals surface area contributed by atoms with Gasteiger partial charge < -0.3 is 10.4 Å². The van der Waals surface area contributed by atoms with Crippen molar-refractivity contribution in [2.45, 2.75) is 12.5 Å². The Kier molecular flexibility index (Phi) is 2.17. The van der Waals surface area contributed by atoms with Crippen LogP contribution in [0.25, 0.3) is 0 Å². The molecule has 3 heteroatoms. The summed E-state index contributed by atoms with van der Waals surface area (Å²) in [5.41, 5.74) is 1.19. The molecule has 0 aliphatic carbocycles. The van der Waals surface area contributed by atoms with E-state index >= 15 is 0 Å². The number of carbonyl (C=O) groups is 1. The Balaban J connectivity index is 2.15. The minimum absolute atomic E-state index is 0.0143. The van der Waals surface area contributed by atoms with Crippen LogP contribution in [0.2, 0.25) is 0 Å². The SMILES string of the molecule is CC1(c2ccccc2O)Nc2ccccc2C1=O. The van der Waals surface area contributed by atoms with Crippen LogP contribution >= 0.6 is 0 Å². The Morgan fingerprint density at radius 3 is 2.44 bits per heavy atom. The van der Waals surface area contributed by atoms with Gasteiger partial charge in [-0.2, -0.15) is 0 Å². The summed E-state index contributed by atoms with van der Waals surface area (Å²) in [7, 11) is 0. The molecule has 3 nitrogen and oxygen atoms in total. The van der Waals surface area contributed by atoms with Gasteiger partial charge in [0.15, 0.2) is 5.78 Å². The van der Waals surface area contributed by atoms with E-state index in [4.69, 9.17) is 0 Å². The van der Waals surface area contributed by atoms with Gasteiger partial charge in [-0.1, -0.05) is 30.3 Å². The van der Waals surface area contributed by atoms with E-state index in [2.05, 4.69) is 5.32 Å². The number of rotatable bonds is 1. The van der Waals surface area contributed by atoms with E-state index in [-0.39, 0.29) is 11.5 Å². The van der Waals surface area contributed by atoms with Crippen LogP contribution in [-0.2, 0) is 5.54 Å². The van der Waals surface area contributed by atoms with Gasteiger partial charge in [0.25, 0.3) is 0 Å². The largest absolute Gasteiger partial charge is 0.508 e. The smallest absolute Gasteiger partial charge is 0.194 e. The number of para-hydroxylation sites is 2. The lowest BCUT2D eigenvalue weighted by molar-refractivity contribution is 0.0926. The van der Waals surface area contributed by atoms with Gasteiger partial charge in [0.1, 0.15) is 11.3 Å². The number of ketones is 1. The number of phenolic OH excluding ortho intramolecular Hbond substituents is 1. The highest BCUT2D eigenvalue weighted by Crippen LogP contribution is 2.41. The second kappa shape index (κ2) is 3.60. The van der Waals surface area contributed by atoms with E-state index in [9.17, 15) is 9.90 Å². The highest BCUT2D eigenvalue weighted by molar-refractivity contribution is 6.13. The predicted molar refractivity (Wildman–Crippen MR) is 69.9 cm³/mol. The number of hydrogen-bond acceptors (Lipinski definition) is 3. The second-order valence-corrected chi connectivity index (χ2v) is 4.64. The number of nitrogens with one attached hydrogen (secondary N) is 1. The molecule has 90 valence electrons. The van der Waals surface area contributed by atoms with E-state index in [1.165, 1.54) is 0 Å². The van der Waals surface area contributed by atoms with Crippen molar-refractivity contribution in [2.75, 3.05) is 5.32 Å². The minimum Gasteiger partial charge on any atom is -0.508 e. The van der Waals surface area contributed by atoms with Crippen molar-refractivity contribution < 1.29 is 9.90 Å². The maximum Gasteiger partial charge on any atom is 0.194 e. The van der Waals surface area contributed by atoms with Gasteiger partial charge in [-0.3, -0.25) is 4.79 Å². The van der Waals surface area contributed by atoms with E-state index in [1.54, 1.807) is 31.2 Å². The van der Waals surface area contributed by atoms with Crippen molar-refractivity contribution in [3.05, 3.63) is 59.7 Å². The molecule has 0 fully saturated rings. The van der Waals surface area contributed by atoms with Crippen LogP contribution in [-0.4, -0.2) is 10.9 Å². The molecule has 0 saturated carbocycles. The number of benzene rings is 2. The Morgan fingerprint density at radius 1 is 1.06 bits per heavy atom. The molecule has 1 aliphatic heterocycles. The molecule has 2 N–H and O–H groups in total. The molecule has 3 rings (SSSR count). The molecular weight excluding hydrogens is 226 g/mol. The van der Waals surface area contributed by atoms with Crippen molar-refractivity contribution in [1.82, 2.24) is 0 Å². The van der Waals surface area contributed by atoms with E-state index in [0.29, 0.717) is 11.1 Å². The number of carbonyl (C=O) groups excluding carboxylic acids is 1. The van der Waals surface area contributed by atoms with Crippen molar-refractivity contribution in [3.8, 4) is 5.75 Å². The number of Topliss-reactive ketones (excluding diaryl/α,β-unsaturated/α-hetero) is 1. The van der Waals surface area contributed by atoms with Gasteiger partial charge in [-0.15, -0.1) is 0 Å². The Morgan fingerprint density at radius 2 is 1.72 bits per heavy atom. The van der Waals surface area contributed by atoms with E-state index in [1.807, 2.05) is 24.3 Å². The zero-order valence-electron chi connectivity index (χ0n) is 9.97. The zero-order chi connectivity index (χ0) is 12.8. The van der Waals surface area contributed by atoms with Crippen LogP contribution in [0.5, 0.6) is 5.75 Å². The average molecular weight is 239 g/mol. The van der Waals surface area contributed by atoms with Crippen molar-refractivity contribution >= 4 is 11.5 Å². The van der Waals surface area contributed by atoms with Gasteiger partial charge in [-0.05, 0) is 25.1 Å². The molecule has 0 aromatic heterocycles. The fourth-order valence-corrected chi connectivity index (χ4v) is 2.47. The summed E-state index contributed by atoms with van der Waals surface area (Å²) < 4.78 is 0. The quantitative estimate of drug-likeness (QED) is 0.804. The molecule has 0 amide bonds. The van der Waals surface area contributed by atoms with Crippen LogP contribution in [0.1, 0.15) is 22.8 Å². The first-order valence-corrected chi connectivity index (χ1v) is 5.83. The first-order chi connectivity index (χ1) is 8.63. The molecule has 1 aliphatic rings. The minimum atomic E-state index is -0.894. The van der Waals surface area contributed by atoms with Crippen LogP contribution in [0, 0.1) is 0 Å². The normalized spacial score (nSPS) is 21.5. The molecular formula is C15H13NO2. The van der Waals surface area contributed by atoms with E-state index < -0.39 is 5.54 Å². The summed E-state index contributed by atoms with van der Waals surface area (Å²) in [5.74, 6) is 0.119. The molecule has 1 unspecified atom stereocenters. The van der Waals surface area contributed by atoms with Crippen LogP contribution < -0.4 is 5.32 Å². The fourth-order valence-electron chi connectivity index (χ4n) is 2.47. The van der Waals surface area contributed by atoms with Crippen LogP contribution in [0.3, 0.4) is 0 Å². The summed E-state index contributed by atoms with van der Waals surface area (Å²) in [6.45, 7) is 1.80. The van der Waals surface area contributed by atoms with Crippen LogP contribution in [0.4, 0.5) is 5.69 Å². The summed E-state index contributed by atoms with van der Waals surface area (Å²) in [6.07, 6.45) is 0. The predicted octanol–water partition coefficient (Wildman–Crippen LogP) is 2.92. The summed E-state index contributed by atoms with van der Waals surface area (Å²) in [4.78, 5) is 12.5. The molecule has 1 heterocycles. The number of anilines is 1. The van der Waals surface area contributed by atoms with Gasteiger partial charge in [0.2, 0.25) is 0 Å². The molecule has 0 spiro atoms. The highest BCUT2D eigenvalue weighted by atomic mass is 16.3. The Bertz CT molecular complexity index is 636. The molecule has 0 radical (unpaired) electrons. The Labute approximate surface area is 105 Å². The lowest BCUT2D eigenvalue weighted by atomic mass is 9.87. The fraction of sp³-hybridized carbons (Fsp3) is 0.133. The number of fused-ring (bicyclic) bond motifs is 1. The topological polar surface area (TPSA) is 49.3 Å². The van der Waals surface area contributed by atoms with Gasteiger partial charge in [0, 0.05) is 16.8 Å². The first kappa shape index (κ1) is 10.8. The summed E-state index contributed by atoms with van der Waals surface area (Å²) >= 11 is 0. The summed E-state index contributed by atoms with van der Waals surface area (Å²) in [5, 5.41) is 13.1. The number of aromatic hydroxyl groups is 1. The lowest BCUT2D eigenvalue weighted by Crippen LogP contribution is -2.34. The second-order valence-electron chi connectivity index (χ2n) is 4.64. The monoisotopic (exact) mass is 239 g/mol. The molecule has 2 aromatic rings. The maximum atomic E-state index is 12.5. The summed E-state index contributed by atoms with van der Waals surface area (Å²) in [6, 6.07) is 14.3. The molecule has 1 atom stereocenters. The number of hydrogen-bond donors (Lipinski definition) is 2. The van der Waals surface area contributed by atoms with Gasteiger partial charge >= 0.3 is 0 Å². The molecule has 0 saturated heterocycles. The van der Waals surface area contributed by atoms with E-state index in [0.717, 1.165) is 5.69 Å². The highest BCUT2D eigenvalue weighted by Gasteiger charge is 2.43. The third kappa shape index (κ3) is 1.34. The third-order valence-electron chi connectivity index (χ3n) is 3.45. The first-order valence-electron chi connectivity index (χ1n) is 5.83. The maximum absolute atomic E-state index is 12.5. The van der Waals surface area contributed by atoms with Crippen molar-refractivity contribution in [1.29, 1.82) is 0 Å². The molecule has 18 heavy (non-hydrogen) atoms. The average Bonchev–Trinajstić information content (AvgIpc) is 2.64. The standard InChI is InChI=1S/C15H13NO2/c1-15(11-7-3-5-9-13(11)17)14(18)10-6-2-4-8-12(10)16-15/h2-9,16-17H,1H3. The lowest BCUT2D eigenvalue weighted by Gasteiger charge is -2.24.